The van der Waals surface area contributed by atoms with Gasteiger partial charge < -0.3 is 34.4 Å². The van der Waals surface area contributed by atoms with Crippen molar-refractivity contribution in [1.82, 2.24) is 4.98 Å². The Morgan fingerprint density at radius 2 is 1.73 bits per heavy atom. The van der Waals surface area contributed by atoms with Gasteiger partial charge in [0.15, 0.2) is 0 Å². The molecule has 2 aromatic rings. The fourth-order valence-electron chi connectivity index (χ4n) is 3.19. The van der Waals surface area contributed by atoms with Crippen LogP contribution in [0.15, 0.2) is 48.7 Å². The van der Waals surface area contributed by atoms with E-state index in [1.54, 1.807) is 48.7 Å². The maximum Gasteiger partial charge on any atom is 0.229 e. The van der Waals surface area contributed by atoms with Gasteiger partial charge in [-0.25, -0.2) is 0 Å². The minimum atomic E-state index is -3.59. The van der Waals surface area contributed by atoms with Crippen molar-refractivity contribution >= 4 is 7.37 Å². The van der Waals surface area contributed by atoms with Crippen LogP contribution in [-0.2, 0) is 15.5 Å². The van der Waals surface area contributed by atoms with E-state index < -0.39 is 38.1 Å². The van der Waals surface area contributed by atoms with Crippen LogP contribution in [0.4, 0.5) is 0 Å². The third-order valence-corrected chi connectivity index (χ3v) is 6.65. The lowest BCUT2D eigenvalue weighted by Crippen LogP contribution is -2.59. The molecule has 1 aliphatic heterocycles. The number of rotatable bonds is 8. The topological polar surface area (TPSA) is 139 Å². The zero-order valence-electron chi connectivity index (χ0n) is 16.4. The number of aliphatic hydroxyl groups excluding tert-OH is 3. The molecule has 1 aromatic heterocycles. The van der Waals surface area contributed by atoms with E-state index in [0.29, 0.717) is 17.2 Å². The Labute approximate surface area is 174 Å². The smallest absolute Gasteiger partial charge is 0.229 e. The summed E-state index contributed by atoms with van der Waals surface area (Å²) in [6.45, 7) is 0. The van der Waals surface area contributed by atoms with E-state index >= 15 is 0 Å². The lowest BCUT2D eigenvalue weighted by Gasteiger charge is -2.40. The zero-order valence-corrected chi connectivity index (χ0v) is 17.3. The lowest BCUT2D eigenvalue weighted by atomic mass is 9.97. The maximum atomic E-state index is 12.5. The average molecular weight is 439 g/mol. The molecule has 0 amide bonds. The van der Waals surface area contributed by atoms with Gasteiger partial charge in [-0.05, 0) is 42.8 Å². The van der Waals surface area contributed by atoms with Gasteiger partial charge >= 0.3 is 0 Å². The predicted molar refractivity (Wildman–Crippen MR) is 108 cm³/mol. The van der Waals surface area contributed by atoms with Gasteiger partial charge in [0.05, 0.1) is 19.4 Å². The summed E-state index contributed by atoms with van der Waals surface area (Å²) >= 11 is 0. The number of nitrogens with zero attached hydrogens (tertiary/aromatic N) is 1. The number of pyridine rings is 1. The van der Waals surface area contributed by atoms with Crippen LogP contribution in [0.2, 0.25) is 0 Å². The molecule has 2 unspecified atom stereocenters. The highest BCUT2D eigenvalue weighted by atomic mass is 31.2. The summed E-state index contributed by atoms with van der Waals surface area (Å²) in [5, 5.41) is 30.7. The Kier molecular flexibility index (Phi) is 7.46. The lowest BCUT2D eigenvalue weighted by molar-refractivity contribution is -0.272. The Hall–Kier alpha value is -2.00. The largest absolute Gasteiger partial charge is 0.497 e. The molecule has 164 valence electrons. The number of ether oxygens (including phenoxy) is 3. The third-order valence-electron chi connectivity index (χ3n) is 4.88. The fraction of sp³-hybridized carbons (Fsp3) is 0.450. The maximum absolute atomic E-state index is 12.5. The van der Waals surface area contributed by atoms with Crippen LogP contribution in [0.1, 0.15) is 12.1 Å². The van der Waals surface area contributed by atoms with E-state index in [1.807, 2.05) is 0 Å². The second-order valence-electron chi connectivity index (χ2n) is 7.15. The SMILES string of the molecule is COc1ccc(OC2O[C@H](CCP(=O)(O)Cc3ccccn3)[C@@H](O)[C@H](O)[C@@H]2O)cc1. The molecular formula is C20H26NO8P. The molecule has 2 heterocycles. The number of hydrogen-bond donors (Lipinski definition) is 4. The zero-order chi connectivity index (χ0) is 21.7. The van der Waals surface area contributed by atoms with Crippen LogP contribution >= 0.6 is 7.37 Å². The Morgan fingerprint density at radius 3 is 2.37 bits per heavy atom. The van der Waals surface area contributed by atoms with E-state index in [1.165, 1.54) is 7.11 Å². The predicted octanol–water partition coefficient (Wildman–Crippen LogP) is 1.14. The second kappa shape index (κ2) is 9.87. The van der Waals surface area contributed by atoms with Crippen LogP contribution < -0.4 is 9.47 Å². The van der Waals surface area contributed by atoms with Crippen molar-refractivity contribution < 1.29 is 39.0 Å². The van der Waals surface area contributed by atoms with Crippen molar-refractivity contribution in [3.8, 4) is 11.5 Å². The minimum absolute atomic E-state index is 0.00592. The van der Waals surface area contributed by atoms with Crippen LogP contribution in [-0.4, -0.2) is 69.2 Å². The summed E-state index contributed by atoms with van der Waals surface area (Å²) in [6.07, 6.45) is -5.40. The summed E-state index contributed by atoms with van der Waals surface area (Å²) < 4.78 is 28.8. The van der Waals surface area contributed by atoms with Gasteiger partial charge in [-0.1, -0.05) is 6.07 Å². The van der Waals surface area contributed by atoms with Crippen LogP contribution in [0, 0.1) is 0 Å². The molecule has 4 N–H and O–H groups in total. The molecular weight excluding hydrogens is 413 g/mol. The van der Waals surface area contributed by atoms with Gasteiger partial charge in [-0.3, -0.25) is 9.55 Å². The normalized spacial score (nSPS) is 28.5. The number of methoxy groups -OCH3 is 1. The summed E-state index contributed by atoms with van der Waals surface area (Å²) in [7, 11) is -2.06. The molecule has 1 saturated heterocycles. The molecule has 0 spiro atoms. The van der Waals surface area contributed by atoms with Crippen molar-refractivity contribution in [1.29, 1.82) is 0 Å². The summed E-state index contributed by atoms with van der Waals surface area (Å²) in [5.74, 6) is 0.984. The van der Waals surface area contributed by atoms with Gasteiger partial charge in [0.25, 0.3) is 0 Å². The molecule has 3 rings (SSSR count). The van der Waals surface area contributed by atoms with Crippen molar-refractivity contribution in [3.05, 3.63) is 54.4 Å². The summed E-state index contributed by atoms with van der Waals surface area (Å²) in [5.41, 5.74) is 0.490. The molecule has 1 aromatic carbocycles. The number of aliphatic hydroxyl groups is 3. The Morgan fingerprint density at radius 1 is 1.03 bits per heavy atom. The van der Waals surface area contributed by atoms with Crippen LogP contribution in [0.25, 0.3) is 0 Å². The van der Waals surface area contributed by atoms with Gasteiger partial charge in [-0.15, -0.1) is 0 Å². The number of aromatic nitrogens is 1. The number of hydrogen-bond acceptors (Lipinski definition) is 8. The van der Waals surface area contributed by atoms with E-state index in [4.69, 9.17) is 14.2 Å². The number of benzene rings is 1. The first-order valence-electron chi connectivity index (χ1n) is 9.50. The Balaban J connectivity index is 1.62. The van der Waals surface area contributed by atoms with Crippen LogP contribution in [0.3, 0.4) is 0 Å². The van der Waals surface area contributed by atoms with Crippen molar-refractivity contribution in [2.45, 2.75) is 43.3 Å². The highest BCUT2D eigenvalue weighted by Gasteiger charge is 2.45. The summed E-state index contributed by atoms with van der Waals surface area (Å²) in [4.78, 5) is 14.3. The quantitative estimate of drug-likeness (QED) is 0.446. The first kappa shape index (κ1) is 22.7. The van der Waals surface area contributed by atoms with E-state index in [-0.39, 0.29) is 18.7 Å². The molecule has 1 fully saturated rings. The van der Waals surface area contributed by atoms with Crippen molar-refractivity contribution in [3.63, 3.8) is 0 Å². The van der Waals surface area contributed by atoms with E-state index in [9.17, 15) is 24.8 Å². The first-order valence-corrected chi connectivity index (χ1v) is 11.5. The van der Waals surface area contributed by atoms with E-state index in [0.717, 1.165) is 0 Å². The molecule has 0 aliphatic carbocycles. The standard InChI is InChI=1S/C20H26NO8P/c1-27-14-5-7-15(8-6-14)28-20-19(24)18(23)17(22)16(29-20)9-11-30(25,26)12-13-4-2-3-10-21-13/h2-8,10,16-20,22-24H,9,11-12H2,1H3,(H,25,26)/t16-,17-,18+,19+,20?/m1/s1. The van der Waals surface area contributed by atoms with Crippen molar-refractivity contribution in [2.24, 2.45) is 0 Å². The molecule has 0 bridgehead atoms. The third kappa shape index (κ3) is 5.78. The van der Waals surface area contributed by atoms with Gasteiger partial charge in [0.1, 0.15) is 29.8 Å². The highest BCUT2D eigenvalue weighted by molar-refractivity contribution is 7.57. The minimum Gasteiger partial charge on any atom is -0.497 e. The average Bonchev–Trinajstić information content (AvgIpc) is 2.74. The Bertz CT molecular complexity index is 850. The highest BCUT2D eigenvalue weighted by Crippen LogP contribution is 2.45. The molecule has 0 radical (unpaired) electrons. The molecule has 0 saturated carbocycles. The van der Waals surface area contributed by atoms with Crippen molar-refractivity contribution in [2.75, 3.05) is 13.3 Å². The fourth-order valence-corrected chi connectivity index (χ4v) is 4.70. The molecule has 1 aliphatic rings. The first-order chi connectivity index (χ1) is 14.3. The van der Waals surface area contributed by atoms with Crippen LogP contribution in [0.5, 0.6) is 11.5 Å². The summed E-state index contributed by atoms with van der Waals surface area (Å²) in [6, 6.07) is 11.6. The van der Waals surface area contributed by atoms with E-state index in [2.05, 4.69) is 4.98 Å². The second-order valence-corrected chi connectivity index (χ2v) is 9.60. The van der Waals surface area contributed by atoms with Gasteiger partial charge in [0.2, 0.25) is 13.7 Å². The van der Waals surface area contributed by atoms with Gasteiger partial charge in [-0.2, -0.15) is 0 Å². The molecule has 6 atom stereocenters. The molecule has 9 nitrogen and oxygen atoms in total. The molecule has 10 heteroatoms. The monoisotopic (exact) mass is 439 g/mol. The van der Waals surface area contributed by atoms with Gasteiger partial charge in [0, 0.05) is 18.1 Å². The molecule has 30 heavy (non-hydrogen) atoms.